The summed E-state index contributed by atoms with van der Waals surface area (Å²) >= 11 is 0. The molecule has 1 heterocycles. The number of benzene rings is 1. The van der Waals surface area contributed by atoms with E-state index in [0.717, 1.165) is 43.5 Å². The zero-order valence-electron chi connectivity index (χ0n) is 15.6. The Bertz CT molecular complexity index is 660. The molecule has 148 valence electrons. The Kier molecular flexibility index (Phi) is 6.18. The van der Waals surface area contributed by atoms with Gasteiger partial charge in [-0.3, -0.25) is 4.79 Å². The molecular weight excluding hydrogens is 348 g/mol. The minimum Gasteiger partial charge on any atom is -0.497 e. The van der Waals surface area contributed by atoms with Gasteiger partial charge >= 0.3 is 6.09 Å². The number of alkyl carbamates (subject to hydrolysis) is 1. The molecule has 0 bridgehead atoms. The molecule has 2 amide bonds. The summed E-state index contributed by atoms with van der Waals surface area (Å²) < 4.78 is 10.7. The number of nitrogens with two attached hydrogens (primary N) is 1. The van der Waals surface area contributed by atoms with Crippen LogP contribution in [-0.2, 0) is 16.0 Å². The predicted octanol–water partition coefficient (Wildman–Crippen LogP) is 0.302. The number of carbonyl (C=O) groups is 2. The lowest BCUT2D eigenvalue weighted by atomic mass is 10.0. The first kappa shape index (κ1) is 19.4. The van der Waals surface area contributed by atoms with Gasteiger partial charge in [-0.25, -0.2) is 4.79 Å². The molecule has 0 spiro atoms. The van der Waals surface area contributed by atoms with Gasteiger partial charge < -0.3 is 31.2 Å². The van der Waals surface area contributed by atoms with E-state index in [1.54, 1.807) is 7.11 Å². The summed E-state index contributed by atoms with van der Waals surface area (Å²) in [7, 11) is 1.64. The number of carbonyl (C=O) groups excluding carboxylic acids is 2. The van der Waals surface area contributed by atoms with Crippen LogP contribution >= 0.6 is 0 Å². The van der Waals surface area contributed by atoms with Gasteiger partial charge in [-0.2, -0.15) is 0 Å². The maximum atomic E-state index is 12.0. The topological polar surface area (TPSA) is 115 Å². The molecule has 1 saturated carbocycles. The van der Waals surface area contributed by atoms with E-state index in [9.17, 15) is 9.59 Å². The van der Waals surface area contributed by atoms with Crippen LogP contribution in [0, 0.1) is 0 Å². The van der Waals surface area contributed by atoms with Crippen molar-refractivity contribution in [3.05, 3.63) is 29.8 Å². The number of methoxy groups -OCH3 is 1. The van der Waals surface area contributed by atoms with E-state index in [4.69, 9.17) is 15.2 Å². The van der Waals surface area contributed by atoms with Crippen LogP contribution in [0.15, 0.2) is 24.3 Å². The van der Waals surface area contributed by atoms with E-state index in [0.29, 0.717) is 13.1 Å². The van der Waals surface area contributed by atoms with Crippen molar-refractivity contribution in [2.45, 2.75) is 43.4 Å². The predicted molar refractivity (Wildman–Crippen MR) is 101 cm³/mol. The maximum Gasteiger partial charge on any atom is 0.407 e. The smallest absolute Gasteiger partial charge is 0.407 e. The summed E-state index contributed by atoms with van der Waals surface area (Å²) in [6.07, 6.45) is 2.35. The fourth-order valence-corrected chi connectivity index (χ4v) is 3.16. The molecule has 2 atom stereocenters. The summed E-state index contributed by atoms with van der Waals surface area (Å²) in [6, 6.07) is 7.96. The Morgan fingerprint density at radius 1 is 1.22 bits per heavy atom. The van der Waals surface area contributed by atoms with Crippen LogP contribution in [-0.4, -0.2) is 56.4 Å². The number of hydrogen-bond acceptors (Lipinski definition) is 6. The second-order valence-electron chi connectivity index (χ2n) is 7.18. The Balaban J connectivity index is 1.37. The Morgan fingerprint density at radius 3 is 2.59 bits per heavy atom. The number of amides is 2. The summed E-state index contributed by atoms with van der Waals surface area (Å²) in [5, 5.41) is 8.79. The highest BCUT2D eigenvalue weighted by Gasteiger charge is 2.45. The van der Waals surface area contributed by atoms with Gasteiger partial charge in [0.05, 0.1) is 12.6 Å². The van der Waals surface area contributed by atoms with Crippen molar-refractivity contribution in [1.82, 2.24) is 16.0 Å². The van der Waals surface area contributed by atoms with Crippen LogP contribution in [0.4, 0.5) is 4.79 Å². The van der Waals surface area contributed by atoms with Crippen LogP contribution in [0.25, 0.3) is 0 Å². The van der Waals surface area contributed by atoms with Gasteiger partial charge in [0.25, 0.3) is 0 Å². The second kappa shape index (κ2) is 8.58. The highest BCUT2D eigenvalue weighted by molar-refractivity contribution is 5.88. The lowest BCUT2D eigenvalue weighted by molar-refractivity contribution is -0.123. The molecule has 1 aliphatic heterocycles. The molecule has 1 aliphatic carbocycles. The number of rotatable bonds is 8. The quantitative estimate of drug-likeness (QED) is 0.485. The van der Waals surface area contributed by atoms with E-state index in [1.165, 1.54) is 0 Å². The third-order valence-corrected chi connectivity index (χ3v) is 5.08. The van der Waals surface area contributed by atoms with Crippen molar-refractivity contribution in [3.63, 3.8) is 0 Å². The van der Waals surface area contributed by atoms with Gasteiger partial charge in [-0.1, -0.05) is 12.1 Å². The van der Waals surface area contributed by atoms with Crippen molar-refractivity contribution in [3.8, 4) is 5.75 Å². The molecule has 0 radical (unpaired) electrons. The van der Waals surface area contributed by atoms with Gasteiger partial charge in [0.15, 0.2) is 0 Å². The molecule has 8 heteroatoms. The van der Waals surface area contributed by atoms with Gasteiger partial charge in [-0.15, -0.1) is 0 Å². The minimum absolute atomic E-state index is 0.0795. The van der Waals surface area contributed by atoms with E-state index in [2.05, 4.69) is 16.0 Å². The first-order valence-electron chi connectivity index (χ1n) is 9.38. The van der Waals surface area contributed by atoms with E-state index in [-0.39, 0.29) is 18.1 Å². The van der Waals surface area contributed by atoms with Gasteiger partial charge in [-0.05, 0) is 49.9 Å². The number of ether oxygens (including phenoxy) is 2. The standard InChI is InChI=1S/C19H28N4O4/c1-26-14-4-2-13(3-5-14)12-15-16(6-9-21-15)27-18(25)23-11-10-22-17(24)19(20)7-8-19/h2-5,15-16,21H,6-12,20H2,1H3,(H,22,24)(H,23,25). The molecule has 2 unspecified atom stereocenters. The van der Waals surface area contributed by atoms with Crippen LogP contribution in [0.3, 0.4) is 0 Å². The fourth-order valence-electron chi connectivity index (χ4n) is 3.16. The molecule has 2 aliphatic rings. The number of nitrogens with one attached hydrogen (secondary N) is 3. The van der Waals surface area contributed by atoms with Crippen LogP contribution in [0.2, 0.25) is 0 Å². The van der Waals surface area contributed by atoms with Gasteiger partial charge in [0, 0.05) is 19.1 Å². The zero-order chi connectivity index (χ0) is 19.3. The minimum atomic E-state index is -0.690. The molecule has 1 aromatic carbocycles. The van der Waals surface area contributed by atoms with Crippen LogP contribution < -0.4 is 26.4 Å². The van der Waals surface area contributed by atoms with E-state index in [1.807, 2.05) is 24.3 Å². The summed E-state index contributed by atoms with van der Waals surface area (Å²) in [6.45, 7) is 1.46. The van der Waals surface area contributed by atoms with Crippen molar-refractivity contribution >= 4 is 12.0 Å². The molecule has 0 aromatic heterocycles. The maximum absolute atomic E-state index is 12.0. The number of hydrogen-bond donors (Lipinski definition) is 4. The molecule has 27 heavy (non-hydrogen) atoms. The first-order chi connectivity index (χ1) is 13.0. The molecule has 1 saturated heterocycles. The van der Waals surface area contributed by atoms with Crippen molar-refractivity contribution < 1.29 is 19.1 Å². The third kappa shape index (κ3) is 5.33. The summed E-state index contributed by atoms with van der Waals surface area (Å²) in [5.41, 5.74) is 6.26. The average molecular weight is 376 g/mol. The molecular formula is C19H28N4O4. The molecule has 1 aromatic rings. The van der Waals surface area contributed by atoms with Crippen molar-refractivity contribution in [2.75, 3.05) is 26.7 Å². The lowest BCUT2D eigenvalue weighted by Crippen LogP contribution is -2.45. The summed E-state index contributed by atoms with van der Waals surface area (Å²) in [4.78, 5) is 23.7. The SMILES string of the molecule is COc1ccc(CC2NCCC2OC(=O)NCCNC(=O)C2(N)CC2)cc1. The highest BCUT2D eigenvalue weighted by Crippen LogP contribution is 2.31. The van der Waals surface area contributed by atoms with Gasteiger partial charge in [0.1, 0.15) is 11.9 Å². The molecule has 2 fully saturated rings. The highest BCUT2D eigenvalue weighted by atomic mass is 16.6. The normalized spacial score (nSPS) is 22.7. The fraction of sp³-hybridized carbons (Fsp3) is 0.579. The third-order valence-electron chi connectivity index (χ3n) is 5.08. The molecule has 3 rings (SSSR count). The van der Waals surface area contributed by atoms with Gasteiger partial charge in [0.2, 0.25) is 5.91 Å². The van der Waals surface area contributed by atoms with Crippen molar-refractivity contribution in [1.29, 1.82) is 0 Å². The largest absolute Gasteiger partial charge is 0.497 e. The van der Waals surface area contributed by atoms with E-state index >= 15 is 0 Å². The monoisotopic (exact) mass is 376 g/mol. The van der Waals surface area contributed by atoms with Crippen LogP contribution in [0.1, 0.15) is 24.8 Å². The lowest BCUT2D eigenvalue weighted by Gasteiger charge is -2.20. The van der Waals surface area contributed by atoms with Crippen LogP contribution in [0.5, 0.6) is 5.75 Å². The Morgan fingerprint density at radius 2 is 1.93 bits per heavy atom. The first-order valence-corrected chi connectivity index (χ1v) is 9.38. The average Bonchev–Trinajstić information content (AvgIpc) is 3.29. The summed E-state index contributed by atoms with van der Waals surface area (Å²) in [5.74, 6) is 0.664. The van der Waals surface area contributed by atoms with E-state index < -0.39 is 11.6 Å². The molecule has 8 nitrogen and oxygen atoms in total. The zero-order valence-corrected chi connectivity index (χ0v) is 15.6. The Labute approximate surface area is 159 Å². The second-order valence-corrected chi connectivity index (χ2v) is 7.18. The Hall–Kier alpha value is -2.32. The van der Waals surface area contributed by atoms with Crippen molar-refractivity contribution in [2.24, 2.45) is 5.73 Å². The molecule has 5 N–H and O–H groups in total.